The van der Waals surface area contributed by atoms with E-state index in [9.17, 15) is 14.4 Å². The van der Waals surface area contributed by atoms with Crippen molar-refractivity contribution < 1.29 is 24.6 Å². The highest BCUT2D eigenvalue weighted by molar-refractivity contribution is 6.04. The number of nitrogens with one attached hydrogen (secondary N) is 1. The van der Waals surface area contributed by atoms with E-state index in [1.165, 1.54) is 24.5 Å². The number of hydrogen-bond donors (Lipinski definition) is 3. The summed E-state index contributed by atoms with van der Waals surface area (Å²) in [4.78, 5) is 36.1. The molecule has 1 amide bonds. The van der Waals surface area contributed by atoms with Crippen LogP contribution in [-0.2, 0) is 9.59 Å². The fraction of sp³-hybridized carbons (Fsp3) is 0.111. The minimum absolute atomic E-state index is 0.141. The van der Waals surface area contributed by atoms with Gasteiger partial charge in [-0.1, -0.05) is 0 Å². The molecule has 0 aliphatic carbocycles. The maximum absolute atomic E-state index is 11.4. The van der Waals surface area contributed by atoms with Crippen LogP contribution in [0.25, 0.3) is 0 Å². The lowest BCUT2D eigenvalue weighted by Gasteiger charge is -2.09. The van der Waals surface area contributed by atoms with Crippen LogP contribution in [0.15, 0.2) is 24.5 Å². The van der Waals surface area contributed by atoms with Crippen molar-refractivity contribution in [3.63, 3.8) is 0 Å². The van der Waals surface area contributed by atoms with E-state index in [1.807, 2.05) is 5.32 Å². The first-order valence-electron chi connectivity index (χ1n) is 4.19. The first-order valence-corrected chi connectivity index (χ1v) is 4.19. The Morgan fingerprint density at radius 3 is 2.06 bits per heavy atom. The third kappa shape index (κ3) is 2.77. The highest BCUT2D eigenvalue weighted by atomic mass is 16.4. The van der Waals surface area contributed by atoms with Crippen LogP contribution in [-0.4, -0.2) is 39.1 Å². The molecule has 0 fully saturated rings. The Balaban J connectivity index is 2.77. The lowest BCUT2D eigenvalue weighted by molar-refractivity contribution is -0.150. The minimum atomic E-state index is -1.96. The molecule has 0 aliphatic rings. The van der Waals surface area contributed by atoms with E-state index in [2.05, 4.69) is 4.98 Å². The summed E-state index contributed by atoms with van der Waals surface area (Å²) in [6.07, 6.45) is 2.68. The number of carboxylic acid groups (broad SMARTS) is 2. The summed E-state index contributed by atoms with van der Waals surface area (Å²) in [6.45, 7) is 0. The van der Waals surface area contributed by atoms with Crippen LogP contribution in [0.4, 0.5) is 0 Å². The average molecular weight is 224 g/mol. The van der Waals surface area contributed by atoms with Crippen molar-refractivity contribution in [2.24, 2.45) is 0 Å². The molecule has 7 nitrogen and oxygen atoms in total. The third-order valence-electron chi connectivity index (χ3n) is 1.71. The van der Waals surface area contributed by atoms with E-state index in [-0.39, 0.29) is 5.56 Å². The summed E-state index contributed by atoms with van der Waals surface area (Å²) in [5, 5.41) is 18.9. The molecular weight excluding hydrogens is 216 g/mol. The largest absolute Gasteiger partial charge is 0.479 e. The van der Waals surface area contributed by atoms with Crippen LogP contribution in [0.2, 0.25) is 0 Å². The number of aromatic nitrogens is 1. The molecule has 0 saturated heterocycles. The first kappa shape index (κ1) is 11.6. The molecule has 0 radical (unpaired) electrons. The van der Waals surface area contributed by atoms with Gasteiger partial charge in [-0.2, -0.15) is 0 Å². The van der Waals surface area contributed by atoms with Crippen LogP contribution in [0.5, 0.6) is 0 Å². The monoisotopic (exact) mass is 224 g/mol. The molecule has 0 bridgehead atoms. The summed E-state index contributed by atoms with van der Waals surface area (Å²) >= 11 is 0. The van der Waals surface area contributed by atoms with Gasteiger partial charge in [0.25, 0.3) is 5.91 Å². The van der Waals surface area contributed by atoms with Gasteiger partial charge < -0.3 is 15.5 Å². The number of rotatable bonds is 4. The summed E-state index contributed by atoms with van der Waals surface area (Å²) in [6, 6.07) is 0.729. The number of carbonyl (C=O) groups is 3. The predicted octanol–water partition coefficient (Wildman–Crippen LogP) is -0.651. The van der Waals surface area contributed by atoms with Gasteiger partial charge in [-0.15, -0.1) is 0 Å². The second kappa shape index (κ2) is 4.87. The number of hydrogen-bond acceptors (Lipinski definition) is 4. The zero-order valence-corrected chi connectivity index (χ0v) is 7.95. The molecule has 1 heterocycles. The summed E-state index contributed by atoms with van der Waals surface area (Å²) in [5.41, 5.74) is 0.141. The molecule has 16 heavy (non-hydrogen) atoms. The van der Waals surface area contributed by atoms with Crippen LogP contribution in [0.3, 0.4) is 0 Å². The molecular formula is C9H8N2O5. The Kier molecular flexibility index (Phi) is 3.54. The molecule has 1 aromatic rings. The van der Waals surface area contributed by atoms with Gasteiger partial charge in [0.2, 0.25) is 6.04 Å². The van der Waals surface area contributed by atoms with Gasteiger partial charge in [-0.05, 0) is 12.1 Å². The molecule has 0 saturated carbocycles. The number of nitrogens with zero attached hydrogens (tertiary/aromatic N) is 1. The predicted molar refractivity (Wildman–Crippen MR) is 50.8 cm³/mol. The Bertz CT molecular complexity index is 403. The van der Waals surface area contributed by atoms with Gasteiger partial charge in [-0.25, -0.2) is 9.59 Å². The molecule has 1 aromatic heterocycles. The highest BCUT2D eigenvalue weighted by Gasteiger charge is 2.27. The molecule has 0 spiro atoms. The normalized spacial score (nSPS) is 9.81. The average Bonchev–Trinajstić information content (AvgIpc) is 2.25. The van der Waals surface area contributed by atoms with Crippen molar-refractivity contribution >= 4 is 17.8 Å². The Labute approximate surface area is 89.7 Å². The summed E-state index contributed by atoms with van der Waals surface area (Å²) < 4.78 is 0. The van der Waals surface area contributed by atoms with E-state index in [4.69, 9.17) is 10.2 Å². The Hall–Kier alpha value is -2.44. The quantitative estimate of drug-likeness (QED) is 0.585. The van der Waals surface area contributed by atoms with Gasteiger partial charge >= 0.3 is 11.9 Å². The summed E-state index contributed by atoms with van der Waals surface area (Å²) in [7, 11) is 0. The smallest absolute Gasteiger partial charge is 0.338 e. The van der Waals surface area contributed by atoms with Gasteiger partial charge in [0, 0.05) is 18.0 Å². The molecule has 0 unspecified atom stereocenters. The molecule has 84 valence electrons. The molecule has 1 rings (SSSR count). The highest BCUT2D eigenvalue weighted by Crippen LogP contribution is 1.97. The summed E-state index contributed by atoms with van der Waals surface area (Å²) in [5.74, 6) is -4.04. The molecule has 0 atom stereocenters. The Morgan fingerprint density at radius 2 is 1.62 bits per heavy atom. The maximum Gasteiger partial charge on any atom is 0.338 e. The molecule has 7 heteroatoms. The topological polar surface area (TPSA) is 117 Å². The van der Waals surface area contributed by atoms with Crippen LogP contribution >= 0.6 is 0 Å². The zero-order valence-electron chi connectivity index (χ0n) is 7.95. The number of carboxylic acids is 2. The van der Waals surface area contributed by atoms with Gasteiger partial charge in [-0.3, -0.25) is 9.78 Å². The van der Waals surface area contributed by atoms with Crippen molar-refractivity contribution in [2.75, 3.05) is 0 Å². The van der Waals surface area contributed by atoms with Crippen LogP contribution in [0.1, 0.15) is 10.4 Å². The van der Waals surface area contributed by atoms with Crippen molar-refractivity contribution in [1.29, 1.82) is 0 Å². The molecule has 0 aliphatic heterocycles. The van der Waals surface area contributed by atoms with Crippen molar-refractivity contribution in [3.05, 3.63) is 30.1 Å². The SMILES string of the molecule is O=C(NC(C(=O)O)C(=O)O)c1ccncc1. The zero-order chi connectivity index (χ0) is 12.1. The van der Waals surface area contributed by atoms with E-state index < -0.39 is 23.9 Å². The number of carbonyl (C=O) groups excluding carboxylic acids is 1. The van der Waals surface area contributed by atoms with Crippen molar-refractivity contribution in [2.45, 2.75) is 6.04 Å². The van der Waals surface area contributed by atoms with Crippen LogP contribution in [0, 0.1) is 0 Å². The van der Waals surface area contributed by atoms with E-state index in [1.54, 1.807) is 0 Å². The lowest BCUT2D eigenvalue weighted by atomic mass is 10.2. The lowest BCUT2D eigenvalue weighted by Crippen LogP contribution is -2.46. The first-order chi connectivity index (χ1) is 7.52. The van der Waals surface area contributed by atoms with Gasteiger partial charge in [0.15, 0.2) is 0 Å². The Morgan fingerprint density at radius 1 is 1.12 bits per heavy atom. The molecule has 3 N–H and O–H groups in total. The standard InChI is InChI=1S/C9H8N2O5/c12-7(5-1-3-10-4-2-5)11-6(8(13)14)9(15)16/h1-4,6H,(H,11,12)(H,13,14)(H,15,16). The van der Waals surface area contributed by atoms with Crippen molar-refractivity contribution in [1.82, 2.24) is 10.3 Å². The maximum atomic E-state index is 11.4. The second-order valence-corrected chi connectivity index (χ2v) is 2.82. The van der Waals surface area contributed by atoms with E-state index in [0.717, 1.165) is 0 Å². The number of pyridine rings is 1. The van der Waals surface area contributed by atoms with Gasteiger partial charge in [0.1, 0.15) is 0 Å². The fourth-order valence-electron chi connectivity index (χ4n) is 0.947. The fourth-order valence-corrected chi connectivity index (χ4v) is 0.947. The number of aliphatic carboxylic acids is 2. The number of amides is 1. The second-order valence-electron chi connectivity index (χ2n) is 2.82. The minimum Gasteiger partial charge on any atom is -0.479 e. The third-order valence-corrected chi connectivity index (χ3v) is 1.71. The van der Waals surface area contributed by atoms with Gasteiger partial charge in [0.05, 0.1) is 0 Å². The van der Waals surface area contributed by atoms with E-state index >= 15 is 0 Å². The van der Waals surface area contributed by atoms with Crippen LogP contribution < -0.4 is 5.32 Å². The van der Waals surface area contributed by atoms with Crippen molar-refractivity contribution in [3.8, 4) is 0 Å². The molecule has 0 aromatic carbocycles. The van der Waals surface area contributed by atoms with E-state index in [0.29, 0.717) is 0 Å².